The van der Waals surface area contributed by atoms with Crippen molar-refractivity contribution in [1.82, 2.24) is 0 Å². The lowest BCUT2D eigenvalue weighted by Gasteiger charge is -2.61. The van der Waals surface area contributed by atoms with Gasteiger partial charge in [0.25, 0.3) is 0 Å². The lowest BCUT2D eigenvalue weighted by molar-refractivity contribution is -0.133. The molecule has 0 aromatic heterocycles. The number of carbonyl (C=O) groups is 1. The number of halogens is 1. The smallest absolute Gasteiger partial charge is 0.133 e. The van der Waals surface area contributed by atoms with Crippen molar-refractivity contribution in [2.75, 3.05) is 0 Å². The van der Waals surface area contributed by atoms with Gasteiger partial charge in [-0.25, -0.2) is 0 Å². The standard InChI is InChI=1S/C21H33IO/c1-13(23)17-6-7-18-16-5-4-14-12-15(22)8-10-20(14,2)19(16)9-11-21(17,18)3/h14-19H,4-12H2,1-3H3/t14-,15-,16-,17+,18-,19-,20-,21+/m0/s1. The molecule has 0 saturated heterocycles. The number of fused-ring (bicyclic) bond motifs is 5. The van der Waals surface area contributed by atoms with Gasteiger partial charge in [-0.1, -0.05) is 36.4 Å². The molecular formula is C21H33IO. The van der Waals surface area contributed by atoms with Crippen LogP contribution >= 0.6 is 22.6 Å². The third kappa shape index (κ3) is 2.39. The van der Waals surface area contributed by atoms with Crippen molar-refractivity contribution < 1.29 is 4.79 Å². The minimum atomic E-state index is 0.330. The van der Waals surface area contributed by atoms with E-state index in [9.17, 15) is 4.79 Å². The molecule has 0 N–H and O–H groups in total. The summed E-state index contributed by atoms with van der Waals surface area (Å²) in [5, 5.41) is 0. The SMILES string of the molecule is CC(=O)[C@H]1CC[C@H]2[C@@H]3CC[C@H]4C[C@@H](I)CC[C@]4(C)[C@H]3CC[C@]12C. The van der Waals surface area contributed by atoms with Gasteiger partial charge in [-0.05, 0) is 99.2 Å². The summed E-state index contributed by atoms with van der Waals surface area (Å²) in [4.78, 5) is 12.2. The van der Waals surface area contributed by atoms with E-state index in [2.05, 4.69) is 36.4 Å². The molecule has 8 atom stereocenters. The Morgan fingerprint density at radius 3 is 2.35 bits per heavy atom. The molecule has 0 aromatic carbocycles. The van der Waals surface area contributed by atoms with Crippen molar-refractivity contribution in [1.29, 1.82) is 0 Å². The Kier molecular flexibility index (Phi) is 4.18. The number of hydrogen-bond acceptors (Lipinski definition) is 1. The van der Waals surface area contributed by atoms with Gasteiger partial charge in [0.2, 0.25) is 0 Å². The van der Waals surface area contributed by atoms with E-state index >= 15 is 0 Å². The Bertz CT molecular complexity index is 502. The third-order valence-electron chi connectivity index (χ3n) is 9.09. The van der Waals surface area contributed by atoms with Crippen LogP contribution < -0.4 is 0 Å². The lowest BCUT2D eigenvalue weighted by atomic mass is 9.45. The molecule has 0 radical (unpaired) electrons. The Balaban J connectivity index is 1.61. The number of carbonyl (C=O) groups excluding carboxylic acids is 1. The van der Waals surface area contributed by atoms with Gasteiger partial charge in [0.05, 0.1) is 0 Å². The quantitative estimate of drug-likeness (QED) is 0.368. The van der Waals surface area contributed by atoms with Gasteiger partial charge in [0, 0.05) is 9.84 Å². The zero-order chi connectivity index (χ0) is 16.4. The molecule has 0 amide bonds. The number of hydrogen-bond donors (Lipinski definition) is 0. The maximum atomic E-state index is 12.2. The first-order valence-electron chi connectivity index (χ1n) is 10.0. The van der Waals surface area contributed by atoms with E-state index in [4.69, 9.17) is 0 Å². The average molecular weight is 428 g/mol. The van der Waals surface area contributed by atoms with Crippen LogP contribution in [0.4, 0.5) is 0 Å². The Morgan fingerprint density at radius 2 is 1.61 bits per heavy atom. The summed E-state index contributed by atoms with van der Waals surface area (Å²) in [7, 11) is 0. The van der Waals surface area contributed by atoms with E-state index in [0.29, 0.717) is 22.5 Å². The predicted octanol–water partition coefficient (Wildman–Crippen LogP) is 6.04. The van der Waals surface area contributed by atoms with Crippen molar-refractivity contribution in [3.63, 3.8) is 0 Å². The summed E-state index contributed by atoms with van der Waals surface area (Å²) in [6.45, 7) is 6.98. The summed E-state index contributed by atoms with van der Waals surface area (Å²) < 4.78 is 0.921. The third-order valence-corrected chi connectivity index (χ3v) is 10.2. The van der Waals surface area contributed by atoms with Crippen LogP contribution in [-0.2, 0) is 4.79 Å². The van der Waals surface area contributed by atoms with E-state index in [1.165, 1.54) is 57.8 Å². The van der Waals surface area contributed by atoms with Gasteiger partial charge in [0.15, 0.2) is 0 Å². The largest absolute Gasteiger partial charge is 0.300 e. The number of Topliss-reactive ketones (excluding diaryl/α,β-unsaturated/α-hetero) is 1. The Labute approximate surface area is 155 Å². The van der Waals surface area contributed by atoms with Gasteiger partial charge >= 0.3 is 0 Å². The summed E-state index contributed by atoms with van der Waals surface area (Å²) in [5.74, 6) is 4.53. The highest BCUT2D eigenvalue weighted by atomic mass is 127. The molecule has 0 unspecified atom stereocenters. The van der Waals surface area contributed by atoms with Crippen molar-refractivity contribution in [2.45, 2.75) is 82.5 Å². The van der Waals surface area contributed by atoms with E-state index < -0.39 is 0 Å². The molecule has 0 bridgehead atoms. The maximum absolute atomic E-state index is 12.2. The van der Waals surface area contributed by atoms with Gasteiger partial charge in [0.1, 0.15) is 5.78 Å². The monoisotopic (exact) mass is 428 g/mol. The normalized spacial score (nSPS) is 55.7. The van der Waals surface area contributed by atoms with E-state index in [0.717, 1.165) is 27.6 Å². The summed E-state index contributed by atoms with van der Waals surface area (Å²) in [6.07, 6.45) is 12.5. The highest BCUT2D eigenvalue weighted by Gasteiger charge is 2.60. The summed E-state index contributed by atoms with van der Waals surface area (Å²) >= 11 is 2.70. The molecule has 1 nitrogen and oxygen atoms in total. The molecule has 130 valence electrons. The van der Waals surface area contributed by atoms with Crippen LogP contribution in [0.25, 0.3) is 0 Å². The van der Waals surface area contributed by atoms with Crippen LogP contribution in [0.3, 0.4) is 0 Å². The van der Waals surface area contributed by atoms with Crippen molar-refractivity contribution in [3.8, 4) is 0 Å². The molecule has 2 heteroatoms. The second-order valence-corrected chi connectivity index (χ2v) is 11.6. The molecule has 0 aliphatic heterocycles. The van der Waals surface area contributed by atoms with Gasteiger partial charge in [-0.3, -0.25) is 4.79 Å². The van der Waals surface area contributed by atoms with E-state index in [1.807, 2.05) is 6.92 Å². The van der Waals surface area contributed by atoms with Crippen LogP contribution in [0.5, 0.6) is 0 Å². The fourth-order valence-corrected chi connectivity index (χ4v) is 8.80. The Hall–Kier alpha value is 0.400. The lowest BCUT2D eigenvalue weighted by Crippen LogP contribution is -2.53. The van der Waals surface area contributed by atoms with Crippen LogP contribution in [-0.4, -0.2) is 9.71 Å². The predicted molar refractivity (Wildman–Crippen MR) is 104 cm³/mol. The van der Waals surface area contributed by atoms with Crippen LogP contribution in [0.1, 0.15) is 78.6 Å². The Morgan fingerprint density at radius 1 is 0.913 bits per heavy atom. The van der Waals surface area contributed by atoms with Crippen LogP contribution in [0.2, 0.25) is 0 Å². The molecule has 4 saturated carbocycles. The van der Waals surface area contributed by atoms with Crippen LogP contribution in [0, 0.1) is 40.4 Å². The second-order valence-electron chi connectivity index (χ2n) is 9.81. The summed E-state index contributed by atoms with van der Waals surface area (Å²) in [5.41, 5.74) is 0.941. The topological polar surface area (TPSA) is 17.1 Å². The van der Waals surface area contributed by atoms with Crippen LogP contribution in [0.15, 0.2) is 0 Å². The maximum Gasteiger partial charge on any atom is 0.133 e. The molecule has 4 rings (SSSR count). The zero-order valence-corrected chi connectivity index (χ0v) is 17.3. The molecule has 4 aliphatic rings. The zero-order valence-electron chi connectivity index (χ0n) is 15.1. The van der Waals surface area contributed by atoms with Crippen molar-refractivity contribution >= 4 is 28.4 Å². The molecule has 4 fully saturated rings. The highest BCUT2D eigenvalue weighted by molar-refractivity contribution is 14.1. The second kappa shape index (κ2) is 5.71. The van der Waals surface area contributed by atoms with Gasteiger partial charge in [-0.15, -0.1) is 0 Å². The number of rotatable bonds is 1. The van der Waals surface area contributed by atoms with E-state index in [-0.39, 0.29) is 0 Å². The molecule has 0 spiro atoms. The van der Waals surface area contributed by atoms with Crippen molar-refractivity contribution in [3.05, 3.63) is 0 Å². The highest BCUT2D eigenvalue weighted by Crippen LogP contribution is 2.67. The molecule has 0 heterocycles. The van der Waals surface area contributed by atoms with Crippen molar-refractivity contribution in [2.24, 2.45) is 40.4 Å². The number of ketones is 1. The first kappa shape index (κ1) is 16.8. The average Bonchev–Trinajstić information content (AvgIpc) is 2.85. The molecule has 4 aliphatic carbocycles. The first-order valence-corrected chi connectivity index (χ1v) is 11.3. The molecule has 0 aromatic rings. The van der Waals surface area contributed by atoms with Gasteiger partial charge < -0.3 is 0 Å². The molecular weight excluding hydrogens is 395 g/mol. The minimum Gasteiger partial charge on any atom is -0.300 e. The molecule has 23 heavy (non-hydrogen) atoms. The first-order chi connectivity index (χ1) is 10.9. The van der Waals surface area contributed by atoms with E-state index in [1.54, 1.807) is 0 Å². The van der Waals surface area contributed by atoms with Gasteiger partial charge in [-0.2, -0.15) is 0 Å². The summed E-state index contributed by atoms with van der Waals surface area (Å²) in [6, 6.07) is 0. The fourth-order valence-electron chi connectivity index (χ4n) is 7.87. The fraction of sp³-hybridized carbons (Fsp3) is 0.952. The number of alkyl halides is 1. The minimum absolute atomic E-state index is 0.330.